The molecule has 2 rings (SSSR count). The maximum atomic E-state index is 12.3. The second-order valence-electron chi connectivity index (χ2n) is 4.33. The zero-order valence-electron chi connectivity index (χ0n) is 9.55. The third-order valence-electron chi connectivity index (χ3n) is 3.17. The topological polar surface area (TPSA) is 3.24 Å². The van der Waals surface area contributed by atoms with Gasteiger partial charge in [-0.15, -0.1) is 0 Å². The van der Waals surface area contributed by atoms with Gasteiger partial charge in [-0.3, -0.25) is 4.90 Å². The Kier molecular flexibility index (Phi) is 3.54. The van der Waals surface area contributed by atoms with E-state index in [0.717, 1.165) is 19.4 Å². The fourth-order valence-electron chi connectivity index (χ4n) is 2.24. The Balaban J connectivity index is 2.09. The molecule has 0 spiro atoms. The molecule has 0 aliphatic carbocycles. The van der Waals surface area contributed by atoms with E-state index >= 15 is 0 Å². The zero-order valence-corrected chi connectivity index (χ0v) is 9.55. The molecule has 3 heteroatoms. The summed E-state index contributed by atoms with van der Waals surface area (Å²) >= 11 is 0. The van der Waals surface area contributed by atoms with E-state index in [-0.39, 0.29) is 6.54 Å². The fourth-order valence-corrected chi connectivity index (χ4v) is 2.24. The van der Waals surface area contributed by atoms with Crippen molar-refractivity contribution in [2.24, 2.45) is 0 Å². The van der Waals surface area contributed by atoms with E-state index in [1.165, 1.54) is 16.7 Å². The van der Waals surface area contributed by atoms with Crippen LogP contribution in [0.3, 0.4) is 0 Å². The van der Waals surface area contributed by atoms with Gasteiger partial charge in [0, 0.05) is 13.1 Å². The summed E-state index contributed by atoms with van der Waals surface area (Å²) in [4.78, 5) is 1.83. The lowest BCUT2D eigenvalue weighted by molar-refractivity contribution is 0.0820. The first-order valence-corrected chi connectivity index (χ1v) is 5.80. The maximum absolute atomic E-state index is 12.3. The molecule has 0 radical (unpaired) electrons. The molecular formula is C13H17F2N. The SMILES string of the molecule is CCc1ccc2c(c1)CCN(CC(F)F)C2. The minimum absolute atomic E-state index is 0.102. The molecule has 1 nitrogen and oxygen atoms in total. The van der Waals surface area contributed by atoms with Crippen LogP contribution in [0.15, 0.2) is 18.2 Å². The van der Waals surface area contributed by atoms with Crippen LogP contribution in [0.5, 0.6) is 0 Å². The summed E-state index contributed by atoms with van der Waals surface area (Å²) in [6.45, 7) is 3.46. The standard InChI is InChI=1S/C13H17F2N/c1-2-10-3-4-12-8-16(9-13(14)15)6-5-11(12)7-10/h3-4,7,13H,2,5-6,8-9H2,1H3. The molecule has 0 saturated carbocycles. The van der Waals surface area contributed by atoms with Crippen molar-refractivity contribution < 1.29 is 8.78 Å². The highest BCUT2D eigenvalue weighted by atomic mass is 19.3. The van der Waals surface area contributed by atoms with Gasteiger partial charge in [0.25, 0.3) is 6.43 Å². The first kappa shape index (κ1) is 11.5. The van der Waals surface area contributed by atoms with Crippen LogP contribution in [0.2, 0.25) is 0 Å². The summed E-state index contributed by atoms with van der Waals surface area (Å²) in [5.41, 5.74) is 3.88. The van der Waals surface area contributed by atoms with Gasteiger partial charge in [0.2, 0.25) is 0 Å². The van der Waals surface area contributed by atoms with Crippen molar-refractivity contribution in [3.8, 4) is 0 Å². The average molecular weight is 225 g/mol. The number of alkyl halides is 2. The van der Waals surface area contributed by atoms with E-state index < -0.39 is 6.43 Å². The van der Waals surface area contributed by atoms with E-state index in [1.54, 1.807) is 0 Å². The highest BCUT2D eigenvalue weighted by Crippen LogP contribution is 2.21. The van der Waals surface area contributed by atoms with Crippen molar-refractivity contribution >= 4 is 0 Å². The number of benzene rings is 1. The molecule has 88 valence electrons. The molecule has 1 aliphatic heterocycles. The number of rotatable bonds is 3. The molecule has 0 aromatic heterocycles. The minimum Gasteiger partial charge on any atom is -0.293 e. The molecule has 16 heavy (non-hydrogen) atoms. The monoisotopic (exact) mass is 225 g/mol. The van der Waals surface area contributed by atoms with Crippen LogP contribution in [0.1, 0.15) is 23.6 Å². The molecule has 0 saturated heterocycles. The highest BCUT2D eigenvalue weighted by Gasteiger charge is 2.18. The predicted octanol–water partition coefficient (Wildman–Crippen LogP) is 2.87. The second kappa shape index (κ2) is 4.91. The molecular weight excluding hydrogens is 208 g/mol. The molecule has 1 heterocycles. The van der Waals surface area contributed by atoms with Crippen molar-refractivity contribution in [3.05, 3.63) is 34.9 Å². The van der Waals surface area contributed by atoms with Crippen LogP contribution in [-0.2, 0) is 19.4 Å². The van der Waals surface area contributed by atoms with Crippen LogP contribution >= 0.6 is 0 Å². The van der Waals surface area contributed by atoms with Crippen molar-refractivity contribution in [2.75, 3.05) is 13.1 Å². The number of hydrogen-bond acceptors (Lipinski definition) is 1. The number of halogens is 2. The Morgan fingerprint density at radius 3 is 2.81 bits per heavy atom. The van der Waals surface area contributed by atoms with Gasteiger partial charge in [-0.25, -0.2) is 8.78 Å². The van der Waals surface area contributed by atoms with E-state index in [0.29, 0.717) is 6.54 Å². The van der Waals surface area contributed by atoms with Crippen LogP contribution in [0.25, 0.3) is 0 Å². The summed E-state index contributed by atoms with van der Waals surface area (Å²) < 4.78 is 24.5. The van der Waals surface area contributed by atoms with Gasteiger partial charge in [0.1, 0.15) is 0 Å². The second-order valence-corrected chi connectivity index (χ2v) is 4.33. The van der Waals surface area contributed by atoms with Crippen LogP contribution in [0.4, 0.5) is 8.78 Å². The molecule has 0 bridgehead atoms. The summed E-state index contributed by atoms with van der Waals surface area (Å²) in [6.07, 6.45) is -0.291. The van der Waals surface area contributed by atoms with E-state index in [9.17, 15) is 8.78 Å². The molecule has 0 atom stereocenters. The molecule has 0 N–H and O–H groups in total. The molecule has 0 amide bonds. The van der Waals surface area contributed by atoms with Crippen LogP contribution < -0.4 is 0 Å². The van der Waals surface area contributed by atoms with Crippen molar-refractivity contribution in [1.29, 1.82) is 0 Å². The molecule has 1 aromatic rings. The van der Waals surface area contributed by atoms with E-state index in [2.05, 4.69) is 25.1 Å². The van der Waals surface area contributed by atoms with Gasteiger partial charge in [-0.05, 0) is 29.5 Å². The summed E-state index contributed by atoms with van der Waals surface area (Å²) in [6, 6.07) is 6.41. The zero-order chi connectivity index (χ0) is 11.5. The smallest absolute Gasteiger partial charge is 0.251 e. The molecule has 1 aromatic carbocycles. The van der Waals surface area contributed by atoms with Gasteiger partial charge < -0.3 is 0 Å². The third kappa shape index (κ3) is 2.59. The van der Waals surface area contributed by atoms with Gasteiger partial charge in [-0.2, -0.15) is 0 Å². The van der Waals surface area contributed by atoms with Crippen molar-refractivity contribution in [3.63, 3.8) is 0 Å². The molecule has 0 fully saturated rings. The van der Waals surface area contributed by atoms with Crippen LogP contribution in [0, 0.1) is 0 Å². The number of fused-ring (bicyclic) bond motifs is 1. The Hall–Kier alpha value is -0.960. The summed E-state index contributed by atoms with van der Waals surface area (Å²) in [7, 11) is 0. The Bertz CT molecular complexity index is 363. The largest absolute Gasteiger partial charge is 0.293 e. The summed E-state index contributed by atoms with van der Waals surface area (Å²) in [5.74, 6) is 0. The van der Waals surface area contributed by atoms with Gasteiger partial charge >= 0.3 is 0 Å². The molecule has 0 unspecified atom stereocenters. The predicted molar refractivity (Wildman–Crippen MR) is 60.8 cm³/mol. The Morgan fingerprint density at radius 2 is 2.12 bits per heavy atom. The quantitative estimate of drug-likeness (QED) is 0.764. The molecule has 1 aliphatic rings. The first-order chi connectivity index (χ1) is 7.69. The van der Waals surface area contributed by atoms with Gasteiger partial charge in [-0.1, -0.05) is 25.1 Å². The number of aryl methyl sites for hydroxylation is 1. The third-order valence-corrected chi connectivity index (χ3v) is 3.17. The lowest BCUT2D eigenvalue weighted by Crippen LogP contribution is -2.34. The highest BCUT2D eigenvalue weighted by molar-refractivity contribution is 5.33. The lowest BCUT2D eigenvalue weighted by atomic mass is 9.96. The van der Waals surface area contributed by atoms with E-state index in [1.807, 2.05) is 4.90 Å². The van der Waals surface area contributed by atoms with Gasteiger partial charge in [0.05, 0.1) is 6.54 Å². The van der Waals surface area contributed by atoms with Crippen molar-refractivity contribution in [1.82, 2.24) is 4.90 Å². The normalized spacial score (nSPS) is 16.5. The Morgan fingerprint density at radius 1 is 1.31 bits per heavy atom. The van der Waals surface area contributed by atoms with E-state index in [4.69, 9.17) is 0 Å². The number of hydrogen-bond donors (Lipinski definition) is 0. The Labute approximate surface area is 95.1 Å². The van der Waals surface area contributed by atoms with Crippen molar-refractivity contribution in [2.45, 2.75) is 32.7 Å². The fraction of sp³-hybridized carbons (Fsp3) is 0.538. The summed E-state index contributed by atoms with van der Waals surface area (Å²) in [5, 5.41) is 0. The first-order valence-electron chi connectivity index (χ1n) is 5.80. The maximum Gasteiger partial charge on any atom is 0.251 e. The average Bonchev–Trinajstić information content (AvgIpc) is 2.27. The minimum atomic E-state index is -2.23. The van der Waals surface area contributed by atoms with Crippen LogP contribution in [-0.4, -0.2) is 24.4 Å². The van der Waals surface area contributed by atoms with Gasteiger partial charge in [0.15, 0.2) is 0 Å². The number of nitrogens with zero attached hydrogens (tertiary/aromatic N) is 1. The lowest BCUT2D eigenvalue weighted by Gasteiger charge is -2.28.